The molecule has 0 spiro atoms. The van der Waals surface area contributed by atoms with Gasteiger partial charge >= 0.3 is 0 Å². The monoisotopic (exact) mass is 522 g/mol. The molecule has 2 heteroatoms. The normalized spacial score (nSPS) is 21.3. The first-order valence-corrected chi connectivity index (χ1v) is 11.8. The minimum absolute atomic E-state index is 0.0952. The van der Waals surface area contributed by atoms with E-state index < -0.39 is 187 Å². The van der Waals surface area contributed by atoms with E-state index in [0.29, 0.717) is 0 Å². The van der Waals surface area contributed by atoms with Crippen LogP contribution in [-0.4, -0.2) is 4.57 Å². The Balaban J connectivity index is 1.70. The van der Waals surface area contributed by atoms with E-state index in [1.54, 1.807) is 0 Å². The molecule has 1 aliphatic heterocycles. The summed E-state index contributed by atoms with van der Waals surface area (Å²) < 4.78 is 193. The third kappa shape index (κ3) is 3.15. The number of rotatable bonds is 2. The third-order valence-electron chi connectivity index (χ3n) is 6.87. The van der Waals surface area contributed by atoms with Crippen molar-refractivity contribution in [2.45, 2.75) is 19.3 Å². The third-order valence-corrected chi connectivity index (χ3v) is 6.87. The highest BCUT2D eigenvalue weighted by molar-refractivity contribution is 6.22. The fourth-order valence-electron chi connectivity index (χ4n) is 5.06. The van der Waals surface area contributed by atoms with Gasteiger partial charge < -0.3 is 9.30 Å². The number of aromatic nitrogens is 1. The summed E-state index contributed by atoms with van der Waals surface area (Å²) in [6, 6.07) is -16.0. The van der Waals surface area contributed by atoms with Gasteiger partial charge in [-0.1, -0.05) is 104 Å². The van der Waals surface area contributed by atoms with Crippen molar-refractivity contribution in [3.8, 4) is 28.3 Å². The Kier molecular flexibility index (Phi) is 2.02. The summed E-state index contributed by atoms with van der Waals surface area (Å²) in [4.78, 5) is 0. The van der Waals surface area contributed by atoms with Gasteiger partial charge in [0.15, 0.2) is 0 Å². The summed E-state index contributed by atoms with van der Waals surface area (Å²) in [6.07, 6.45) is 0. The molecule has 8 rings (SSSR count). The van der Waals surface area contributed by atoms with Gasteiger partial charge in [-0.2, -0.15) is 0 Å². The van der Waals surface area contributed by atoms with Gasteiger partial charge in [-0.05, 0) is 52.8 Å². The molecular weight excluding hydrogens is 474 g/mol. The minimum Gasteiger partial charge on any atom is -0.457 e. The summed E-state index contributed by atoms with van der Waals surface area (Å²) in [7, 11) is 0. The van der Waals surface area contributed by atoms with Gasteiger partial charge in [-0.3, -0.25) is 0 Å². The van der Waals surface area contributed by atoms with Crippen molar-refractivity contribution in [2.24, 2.45) is 0 Å². The van der Waals surface area contributed by atoms with E-state index >= 15 is 0 Å². The van der Waals surface area contributed by atoms with Crippen LogP contribution >= 0.6 is 0 Å². The van der Waals surface area contributed by atoms with Gasteiger partial charge in [-0.15, -0.1) is 0 Å². The summed E-state index contributed by atoms with van der Waals surface area (Å²) in [6.45, 7) is 2.99. The van der Waals surface area contributed by atoms with Gasteiger partial charge in [-0.25, -0.2) is 0 Å². The second kappa shape index (κ2) is 8.09. The van der Waals surface area contributed by atoms with Gasteiger partial charge in [0.2, 0.25) is 0 Å². The molecule has 7 aromatic rings. The number of para-hydroxylation sites is 2. The lowest BCUT2D eigenvalue weighted by Crippen LogP contribution is -2.24. The first kappa shape index (κ1) is 9.73. The largest absolute Gasteiger partial charge is 0.457 e. The second-order valence-corrected chi connectivity index (χ2v) is 9.39. The van der Waals surface area contributed by atoms with Gasteiger partial charge in [0.1, 0.15) is 11.5 Å². The maximum absolute atomic E-state index is 9.69. The number of ether oxygens (including phenoxy) is 1. The van der Waals surface area contributed by atoms with E-state index in [9.17, 15) is 8.22 Å². The van der Waals surface area contributed by atoms with E-state index in [4.69, 9.17) is 25.3 Å². The van der Waals surface area contributed by atoms with Crippen molar-refractivity contribution >= 4 is 32.6 Å². The summed E-state index contributed by atoms with van der Waals surface area (Å²) in [5.74, 6) is -0.755. The zero-order valence-electron chi connectivity index (χ0n) is 41.4. The zero-order chi connectivity index (χ0) is 44.4. The van der Waals surface area contributed by atoms with E-state index in [0.717, 1.165) is 4.57 Å². The molecule has 0 fully saturated rings. The van der Waals surface area contributed by atoms with Crippen molar-refractivity contribution in [3.63, 3.8) is 0 Å². The molecule has 0 atom stereocenters. The van der Waals surface area contributed by atoms with Crippen LogP contribution in [0.4, 0.5) is 0 Å². The van der Waals surface area contributed by atoms with E-state index in [1.165, 1.54) is 13.8 Å². The highest BCUT2D eigenvalue weighted by Gasteiger charge is 2.34. The van der Waals surface area contributed by atoms with E-state index in [1.807, 2.05) is 0 Å². The minimum atomic E-state index is -1.58. The van der Waals surface area contributed by atoms with Crippen LogP contribution in [0.15, 0.2) is 127 Å². The molecule has 1 aliphatic rings. The average Bonchev–Trinajstić information content (AvgIpc) is 3.54. The molecule has 0 radical (unpaired) electrons. The van der Waals surface area contributed by atoms with Crippen LogP contribution in [-0.2, 0) is 5.41 Å². The van der Waals surface area contributed by atoms with Crippen LogP contribution in [0.1, 0.15) is 53.8 Å². The molecule has 0 aliphatic carbocycles. The van der Waals surface area contributed by atoms with Crippen LogP contribution in [0, 0.1) is 0 Å². The van der Waals surface area contributed by atoms with Crippen LogP contribution < -0.4 is 4.74 Å². The van der Waals surface area contributed by atoms with Gasteiger partial charge in [0, 0.05) is 38.4 Å². The average molecular weight is 523 g/mol. The number of fused-ring (bicyclic) bond motifs is 7. The molecule has 39 heavy (non-hydrogen) atoms. The quantitative estimate of drug-likeness (QED) is 0.220. The first-order valence-electron chi connectivity index (χ1n) is 22.3. The molecule has 0 saturated carbocycles. The van der Waals surface area contributed by atoms with Crippen molar-refractivity contribution < 1.29 is 33.5 Å². The highest BCUT2D eigenvalue weighted by atomic mass is 16.5. The second-order valence-electron chi connectivity index (χ2n) is 9.39. The molecule has 0 N–H and O–H groups in total. The molecule has 0 unspecified atom stereocenters. The standard InChI is InChI=1S/C37H27NO/c1-37(2)30-16-8-9-18-33(30)39-34-22-20-25(23-31(34)37)27-15-10-17-32-35(27)29-21-19-24-11-6-7-14-28(24)36(29)38(32)26-12-4-3-5-13-26/h3-23H,1-2H3/i3D,4D,5D,6D,7D,8D,9D,10D,11D,12D,13D,14D,15D,16D,17D,18D,19D,20D,21D,22D,23D. The SMILES string of the molecule is [2H]c1c([2H])c([2H])c(-n2c3c([2H])c([2H])c([2H])c(-c4c([2H])c([2H])c5c(c4[2H])C(C)(C)c4c([2H])c([2H])c([2H])c([2H])c4O5)c3c3c([2H])c([2H])c4c([2H])c([2H])c([2H])c([2H])c4c32)c([2H])c1[2H]. The maximum Gasteiger partial charge on any atom is 0.131 e. The van der Waals surface area contributed by atoms with Crippen LogP contribution in [0.25, 0.3) is 49.4 Å². The van der Waals surface area contributed by atoms with Crippen LogP contribution in [0.3, 0.4) is 0 Å². The molecule has 2 heterocycles. The van der Waals surface area contributed by atoms with Crippen molar-refractivity contribution in [3.05, 3.63) is 138 Å². The molecule has 2 nitrogen and oxygen atoms in total. The van der Waals surface area contributed by atoms with Crippen LogP contribution in [0.2, 0.25) is 0 Å². The van der Waals surface area contributed by atoms with Gasteiger partial charge in [0.25, 0.3) is 0 Å². The Morgan fingerprint density at radius 2 is 1.41 bits per heavy atom. The van der Waals surface area contributed by atoms with Gasteiger partial charge in [0.05, 0.1) is 39.8 Å². The summed E-state index contributed by atoms with van der Waals surface area (Å²) >= 11 is 0. The molecule has 0 bridgehead atoms. The predicted octanol–water partition coefficient (Wildman–Crippen LogP) is 10.0. The fraction of sp³-hybridized carbons (Fsp3) is 0.0811. The number of nitrogens with zero attached hydrogens (tertiary/aromatic N) is 1. The van der Waals surface area contributed by atoms with Crippen molar-refractivity contribution in [2.75, 3.05) is 0 Å². The number of benzene rings is 6. The Morgan fingerprint density at radius 3 is 2.31 bits per heavy atom. The Bertz CT molecular complexity index is 3200. The fourth-order valence-corrected chi connectivity index (χ4v) is 5.06. The van der Waals surface area contributed by atoms with E-state index in [-0.39, 0.29) is 16.9 Å². The first-order chi connectivity index (χ1) is 27.9. The topological polar surface area (TPSA) is 14.2 Å². The highest BCUT2D eigenvalue weighted by Crippen LogP contribution is 2.49. The molecule has 1 aromatic heterocycles. The predicted molar refractivity (Wildman–Crippen MR) is 162 cm³/mol. The Morgan fingerprint density at radius 1 is 0.641 bits per heavy atom. The number of hydrogen-bond donors (Lipinski definition) is 0. The molecule has 0 amide bonds. The maximum atomic E-state index is 9.69. The van der Waals surface area contributed by atoms with E-state index in [2.05, 4.69) is 0 Å². The lowest BCUT2D eigenvalue weighted by atomic mass is 9.75. The lowest BCUT2D eigenvalue weighted by molar-refractivity contribution is 0.418. The molecule has 6 aromatic carbocycles. The molecule has 0 saturated heterocycles. The zero-order valence-corrected chi connectivity index (χ0v) is 20.4. The molecular formula is C37H27NO. The summed E-state index contributed by atoms with van der Waals surface area (Å²) in [5, 5.41) is -1.90. The van der Waals surface area contributed by atoms with Crippen molar-refractivity contribution in [1.29, 1.82) is 0 Å². The molecule has 186 valence electrons. The van der Waals surface area contributed by atoms with Crippen molar-refractivity contribution in [1.82, 2.24) is 4.57 Å². The summed E-state index contributed by atoms with van der Waals surface area (Å²) in [5.41, 5.74) is -4.68. The smallest absolute Gasteiger partial charge is 0.131 e. The Labute approximate surface area is 257 Å². The lowest BCUT2D eigenvalue weighted by Gasteiger charge is -2.34. The Hall–Kier alpha value is -4.82. The van der Waals surface area contributed by atoms with Crippen LogP contribution in [0.5, 0.6) is 11.5 Å². The number of hydrogen-bond acceptors (Lipinski definition) is 1.